The summed E-state index contributed by atoms with van der Waals surface area (Å²) in [5, 5.41) is 7.59. The Balaban J connectivity index is 1.45. The van der Waals surface area contributed by atoms with Gasteiger partial charge in [-0.25, -0.2) is 14.2 Å². The minimum Gasteiger partial charge on any atom is -0.315 e. The number of aromatic amines is 1. The third kappa shape index (κ3) is 4.51. The molecular formula is C22H24FN5O2S. The highest BCUT2D eigenvalue weighted by molar-refractivity contribution is 7.17. The first-order valence-electron chi connectivity index (χ1n) is 10.2. The van der Waals surface area contributed by atoms with Crippen molar-refractivity contribution in [3.63, 3.8) is 0 Å². The maximum absolute atomic E-state index is 13.2. The lowest BCUT2D eigenvalue weighted by atomic mass is 10.1. The molecule has 0 bridgehead atoms. The standard InChI is InChI=1S/C22H24FN5O2S/c1-13-10-18(26-25-13)8-9-19(29)20-15(3)24-21(31-20)28-11-14(2)27(22(28)30)12-16-4-6-17(23)7-5-16/h4-7,10,14H,8-9,11-12H2,1-3H3,(H,25,26)/t14-/m1/s1. The molecule has 1 fully saturated rings. The van der Waals surface area contributed by atoms with E-state index < -0.39 is 0 Å². The molecule has 0 spiro atoms. The summed E-state index contributed by atoms with van der Waals surface area (Å²) in [5.41, 5.74) is 3.32. The molecule has 7 nitrogen and oxygen atoms in total. The van der Waals surface area contributed by atoms with Crippen molar-refractivity contribution >= 4 is 28.3 Å². The number of nitrogens with one attached hydrogen (secondary N) is 1. The van der Waals surface area contributed by atoms with Gasteiger partial charge in [-0.15, -0.1) is 0 Å². The Morgan fingerprint density at radius 3 is 2.71 bits per heavy atom. The first-order valence-corrected chi connectivity index (χ1v) is 11.0. The van der Waals surface area contributed by atoms with Gasteiger partial charge < -0.3 is 4.90 Å². The fourth-order valence-corrected chi connectivity index (χ4v) is 4.71. The predicted molar refractivity (Wildman–Crippen MR) is 117 cm³/mol. The number of thiazole rings is 1. The summed E-state index contributed by atoms with van der Waals surface area (Å²) >= 11 is 1.26. The van der Waals surface area contributed by atoms with Gasteiger partial charge in [0.2, 0.25) is 0 Å². The Bertz CT molecular complexity index is 1110. The van der Waals surface area contributed by atoms with E-state index in [9.17, 15) is 14.0 Å². The van der Waals surface area contributed by atoms with Crippen LogP contribution in [0.2, 0.25) is 0 Å². The van der Waals surface area contributed by atoms with Crippen molar-refractivity contribution in [2.45, 2.75) is 46.2 Å². The number of urea groups is 1. The number of aryl methyl sites for hydroxylation is 3. The Hall–Kier alpha value is -3.07. The third-order valence-electron chi connectivity index (χ3n) is 5.36. The van der Waals surface area contributed by atoms with Crippen LogP contribution in [0.25, 0.3) is 0 Å². The summed E-state index contributed by atoms with van der Waals surface area (Å²) in [6, 6.07) is 7.90. The van der Waals surface area contributed by atoms with Crippen molar-refractivity contribution in [2.24, 2.45) is 0 Å². The molecule has 1 atom stereocenters. The van der Waals surface area contributed by atoms with Crippen LogP contribution in [0.4, 0.5) is 14.3 Å². The minimum atomic E-state index is -0.302. The van der Waals surface area contributed by atoms with E-state index in [4.69, 9.17) is 0 Å². The van der Waals surface area contributed by atoms with Gasteiger partial charge in [0.15, 0.2) is 10.9 Å². The van der Waals surface area contributed by atoms with Gasteiger partial charge in [0, 0.05) is 24.7 Å². The molecule has 4 rings (SSSR count). The number of carbonyl (C=O) groups is 2. The second-order valence-corrected chi connectivity index (χ2v) is 8.85. The molecule has 1 aliphatic heterocycles. The van der Waals surface area contributed by atoms with Crippen LogP contribution in [0.5, 0.6) is 0 Å². The molecule has 3 aromatic rings. The zero-order chi connectivity index (χ0) is 22.1. The number of amides is 2. The quantitative estimate of drug-likeness (QED) is 0.555. The highest BCUT2D eigenvalue weighted by Crippen LogP contribution is 2.32. The van der Waals surface area contributed by atoms with Crippen LogP contribution in [0.3, 0.4) is 0 Å². The van der Waals surface area contributed by atoms with Crippen LogP contribution in [-0.2, 0) is 13.0 Å². The second kappa shape index (κ2) is 8.58. The minimum absolute atomic E-state index is 0.00441. The SMILES string of the molecule is Cc1cc(CCC(=O)c2sc(N3C[C@@H](C)N(Cc4ccc(F)cc4)C3=O)nc2C)n[nH]1. The molecule has 0 unspecified atom stereocenters. The molecule has 31 heavy (non-hydrogen) atoms. The van der Waals surface area contributed by atoms with Gasteiger partial charge in [0.25, 0.3) is 0 Å². The average molecular weight is 442 g/mol. The fourth-order valence-electron chi connectivity index (χ4n) is 3.67. The van der Waals surface area contributed by atoms with E-state index in [0.29, 0.717) is 41.6 Å². The van der Waals surface area contributed by atoms with E-state index in [1.54, 1.807) is 28.9 Å². The molecule has 0 saturated carbocycles. The largest absolute Gasteiger partial charge is 0.326 e. The zero-order valence-corrected chi connectivity index (χ0v) is 18.5. The van der Waals surface area contributed by atoms with Crippen molar-refractivity contribution < 1.29 is 14.0 Å². The Morgan fingerprint density at radius 2 is 2.03 bits per heavy atom. The number of ketones is 1. The predicted octanol–water partition coefficient (Wildman–Crippen LogP) is 4.27. The lowest BCUT2D eigenvalue weighted by Crippen LogP contribution is -2.33. The number of anilines is 1. The molecule has 1 aliphatic rings. The van der Waals surface area contributed by atoms with Gasteiger partial charge in [-0.1, -0.05) is 23.5 Å². The first-order chi connectivity index (χ1) is 14.8. The highest BCUT2D eigenvalue weighted by atomic mass is 32.1. The normalized spacial score (nSPS) is 16.4. The van der Waals surface area contributed by atoms with E-state index in [0.717, 1.165) is 17.0 Å². The number of hydrogen-bond acceptors (Lipinski definition) is 5. The van der Waals surface area contributed by atoms with Gasteiger partial charge >= 0.3 is 6.03 Å². The van der Waals surface area contributed by atoms with Gasteiger partial charge in [0.05, 0.1) is 22.8 Å². The Labute approximate surface area is 183 Å². The van der Waals surface area contributed by atoms with Gasteiger partial charge in [-0.2, -0.15) is 5.10 Å². The molecule has 2 amide bonds. The van der Waals surface area contributed by atoms with Crippen LogP contribution in [0.1, 0.15) is 45.7 Å². The van der Waals surface area contributed by atoms with Crippen molar-refractivity contribution in [1.29, 1.82) is 0 Å². The van der Waals surface area contributed by atoms with E-state index in [1.807, 2.05) is 19.9 Å². The topological polar surface area (TPSA) is 82.2 Å². The van der Waals surface area contributed by atoms with Crippen molar-refractivity contribution in [1.82, 2.24) is 20.1 Å². The molecule has 3 heterocycles. The summed E-state index contributed by atoms with van der Waals surface area (Å²) in [7, 11) is 0. The van der Waals surface area contributed by atoms with Crippen LogP contribution in [0.15, 0.2) is 30.3 Å². The van der Waals surface area contributed by atoms with Crippen LogP contribution < -0.4 is 4.90 Å². The van der Waals surface area contributed by atoms with Gasteiger partial charge in [0.1, 0.15) is 5.82 Å². The highest BCUT2D eigenvalue weighted by Gasteiger charge is 2.37. The molecular weight excluding hydrogens is 417 g/mol. The molecule has 162 valence electrons. The second-order valence-electron chi connectivity index (χ2n) is 7.87. The molecule has 1 N–H and O–H groups in total. The maximum Gasteiger partial charge on any atom is 0.326 e. The smallest absolute Gasteiger partial charge is 0.315 e. The summed E-state index contributed by atoms with van der Waals surface area (Å²) in [4.78, 5) is 34.2. The fraction of sp³-hybridized carbons (Fsp3) is 0.364. The third-order valence-corrected chi connectivity index (χ3v) is 6.58. The van der Waals surface area contributed by atoms with Crippen molar-refractivity contribution in [3.8, 4) is 0 Å². The van der Waals surface area contributed by atoms with Crippen LogP contribution in [0, 0.1) is 19.7 Å². The Kier molecular flexibility index (Phi) is 5.86. The van der Waals surface area contributed by atoms with Crippen LogP contribution in [-0.4, -0.2) is 44.5 Å². The summed E-state index contributed by atoms with van der Waals surface area (Å²) in [6.07, 6.45) is 0.898. The number of nitrogens with zero attached hydrogens (tertiary/aromatic N) is 4. The number of rotatable bonds is 7. The average Bonchev–Trinajstić information content (AvgIpc) is 3.41. The summed E-state index contributed by atoms with van der Waals surface area (Å²) < 4.78 is 13.2. The number of hydrogen-bond donors (Lipinski definition) is 1. The maximum atomic E-state index is 13.2. The first kappa shape index (κ1) is 21.2. The molecule has 0 radical (unpaired) electrons. The number of benzene rings is 1. The van der Waals surface area contributed by atoms with E-state index in [-0.39, 0.29) is 23.7 Å². The summed E-state index contributed by atoms with van der Waals surface area (Å²) in [6.45, 7) is 6.58. The lowest BCUT2D eigenvalue weighted by Gasteiger charge is -2.20. The molecule has 0 aliphatic carbocycles. The lowest BCUT2D eigenvalue weighted by molar-refractivity contribution is 0.0985. The molecule has 1 aromatic carbocycles. The van der Waals surface area contributed by atoms with E-state index >= 15 is 0 Å². The number of aromatic nitrogens is 3. The van der Waals surface area contributed by atoms with Gasteiger partial charge in [-0.05, 0) is 51.0 Å². The number of halogens is 1. The number of H-pyrrole nitrogens is 1. The zero-order valence-electron chi connectivity index (χ0n) is 17.7. The van der Waals surface area contributed by atoms with Crippen molar-refractivity contribution in [2.75, 3.05) is 11.4 Å². The Morgan fingerprint density at radius 1 is 1.29 bits per heavy atom. The van der Waals surface area contributed by atoms with E-state index in [1.165, 1.54) is 23.5 Å². The summed E-state index contributed by atoms with van der Waals surface area (Å²) in [5.74, 6) is -0.297. The van der Waals surface area contributed by atoms with Gasteiger partial charge in [-0.3, -0.25) is 14.8 Å². The molecule has 9 heteroatoms. The van der Waals surface area contributed by atoms with Crippen molar-refractivity contribution in [3.05, 3.63) is 63.7 Å². The number of carbonyl (C=O) groups excluding carboxylic acids is 2. The molecule has 2 aromatic heterocycles. The number of Topliss-reactive ketones (excluding diaryl/α,β-unsaturated/α-hetero) is 1. The monoisotopic (exact) mass is 441 g/mol. The van der Waals surface area contributed by atoms with Crippen LogP contribution >= 0.6 is 11.3 Å². The molecule has 1 saturated heterocycles. The van der Waals surface area contributed by atoms with E-state index in [2.05, 4.69) is 15.2 Å².